The molecule has 0 aliphatic heterocycles. The molecule has 0 bridgehead atoms. The van der Waals surface area contributed by atoms with Crippen molar-refractivity contribution in [2.45, 2.75) is 18.7 Å². The maximum absolute atomic E-state index is 12.0. The van der Waals surface area contributed by atoms with Gasteiger partial charge in [-0.2, -0.15) is 0 Å². The summed E-state index contributed by atoms with van der Waals surface area (Å²) in [6.07, 6.45) is 0. The van der Waals surface area contributed by atoms with Gasteiger partial charge in [-0.05, 0) is 40.5 Å². The molecule has 5 nitrogen and oxygen atoms in total. The Balaban J connectivity index is 2.71. The van der Waals surface area contributed by atoms with Crippen LogP contribution < -0.4 is 10.0 Å². The molecule has 0 aromatic heterocycles. The van der Waals surface area contributed by atoms with Gasteiger partial charge in [0, 0.05) is 24.5 Å². The minimum Gasteiger partial charge on any atom is -0.355 e. The van der Waals surface area contributed by atoms with Crippen LogP contribution in [-0.4, -0.2) is 27.4 Å². The number of amides is 1. The first-order valence-corrected chi connectivity index (χ1v) is 7.61. The van der Waals surface area contributed by atoms with Crippen LogP contribution in [-0.2, 0) is 14.8 Å². The van der Waals surface area contributed by atoms with Gasteiger partial charge in [-0.3, -0.25) is 4.79 Å². The molecule has 2 N–H and O–H groups in total. The number of benzene rings is 1. The van der Waals surface area contributed by atoms with Crippen LogP contribution in [0.4, 0.5) is 0 Å². The lowest BCUT2D eigenvalue weighted by atomic mass is 10.2. The number of carbonyl (C=O) groups is 1. The van der Waals surface area contributed by atoms with Crippen LogP contribution in [0.25, 0.3) is 0 Å². The van der Waals surface area contributed by atoms with E-state index < -0.39 is 10.0 Å². The van der Waals surface area contributed by atoms with Crippen molar-refractivity contribution in [2.75, 3.05) is 13.1 Å². The number of carbonyl (C=O) groups excluding carboxylic acids is 1. The van der Waals surface area contributed by atoms with Gasteiger partial charge in [0.2, 0.25) is 15.9 Å². The molecule has 0 radical (unpaired) electrons. The van der Waals surface area contributed by atoms with Gasteiger partial charge in [0.1, 0.15) is 0 Å². The second kappa shape index (κ2) is 6.31. The summed E-state index contributed by atoms with van der Waals surface area (Å²) in [4.78, 5) is 10.8. The molecule has 0 fully saturated rings. The van der Waals surface area contributed by atoms with E-state index in [2.05, 4.69) is 26.0 Å². The van der Waals surface area contributed by atoms with E-state index in [4.69, 9.17) is 0 Å². The molecule has 0 heterocycles. The molecule has 7 heteroatoms. The summed E-state index contributed by atoms with van der Waals surface area (Å²) in [5.74, 6) is -0.189. The highest BCUT2D eigenvalue weighted by atomic mass is 79.9. The van der Waals surface area contributed by atoms with E-state index in [-0.39, 0.29) is 23.9 Å². The first-order valence-electron chi connectivity index (χ1n) is 5.33. The molecule has 0 saturated heterocycles. The predicted octanol–water partition coefficient (Wildman–Crippen LogP) is 1.17. The molecule has 0 unspecified atom stereocenters. The van der Waals surface area contributed by atoms with Crippen molar-refractivity contribution >= 4 is 31.9 Å². The molecule has 0 aliphatic rings. The van der Waals surface area contributed by atoms with Gasteiger partial charge in [0.05, 0.1) is 4.90 Å². The molecule has 0 saturated carbocycles. The van der Waals surface area contributed by atoms with Gasteiger partial charge in [-0.1, -0.05) is 6.07 Å². The highest BCUT2D eigenvalue weighted by Gasteiger charge is 2.16. The number of hydrogen-bond donors (Lipinski definition) is 2. The zero-order valence-electron chi connectivity index (χ0n) is 10.2. The maximum atomic E-state index is 12.0. The molecule has 0 aliphatic carbocycles. The summed E-state index contributed by atoms with van der Waals surface area (Å²) in [5.41, 5.74) is 0.971. The highest BCUT2D eigenvalue weighted by Crippen LogP contribution is 2.22. The van der Waals surface area contributed by atoms with Gasteiger partial charge in [0.15, 0.2) is 0 Å². The number of aryl methyl sites for hydroxylation is 1. The van der Waals surface area contributed by atoms with Crippen molar-refractivity contribution in [1.29, 1.82) is 0 Å². The number of hydrogen-bond acceptors (Lipinski definition) is 3. The second-order valence-corrected chi connectivity index (χ2v) is 6.40. The minimum atomic E-state index is -3.55. The van der Waals surface area contributed by atoms with Crippen LogP contribution in [0.3, 0.4) is 0 Å². The van der Waals surface area contributed by atoms with E-state index in [1.54, 1.807) is 18.2 Å². The summed E-state index contributed by atoms with van der Waals surface area (Å²) in [5, 5.41) is 2.52. The van der Waals surface area contributed by atoms with Gasteiger partial charge < -0.3 is 5.32 Å². The van der Waals surface area contributed by atoms with Crippen LogP contribution in [0.5, 0.6) is 0 Å². The van der Waals surface area contributed by atoms with Crippen molar-refractivity contribution in [1.82, 2.24) is 10.0 Å². The summed E-state index contributed by atoms with van der Waals surface area (Å²) < 4.78 is 26.9. The van der Waals surface area contributed by atoms with Crippen molar-refractivity contribution < 1.29 is 13.2 Å². The van der Waals surface area contributed by atoms with E-state index >= 15 is 0 Å². The lowest BCUT2D eigenvalue weighted by molar-refractivity contribution is -0.118. The summed E-state index contributed by atoms with van der Waals surface area (Å²) in [6, 6.07) is 5.01. The normalized spacial score (nSPS) is 11.3. The number of halogens is 1. The zero-order valence-corrected chi connectivity index (χ0v) is 12.6. The molecule has 1 aromatic carbocycles. The van der Waals surface area contributed by atoms with Gasteiger partial charge in [-0.25, -0.2) is 13.1 Å². The monoisotopic (exact) mass is 334 g/mol. The Morgan fingerprint density at radius 1 is 1.33 bits per heavy atom. The maximum Gasteiger partial charge on any atom is 0.241 e. The second-order valence-electron chi connectivity index (χ2n) is 3.81. The van der Waals surface area contributed by atoms with Crippen LogP contribution in [0.1, 0.15) is 12.5 Å². The first kappa shape index (κ1) is 15.1. The van der Waals surface area contributed by atoms with Gasteiger partial charge in [0.25, 0.3) is 0 Å². The Kier molecular flexibility index (Phi) is 5.30. The molecule has 1 aromatic rings. The highest BCUT2D eigenvalue weighted by molar-refractivity contribution is 9.10. The van der Waals surface area contributed by atoms with E-state index in [0.717, 1.165) is 5.56 Å². The van der Waals surface area contributed by atoms with E-state index in [0.29, 0.717) is 4.47 Å². The fourth-order valence-corrected chi connectivity index (χ4v) is 3.55. The Morgan fingerprint density at radius 2 is 2.00 bits per heavy atom. The smallest absolute Gasteiger partial charge is 0.241 e. The van der Waals surface area contributed by atoms with Crippen LogP contribution >= 0.6 is 15.9 Å². The first-order chi connectivity index (χ1) is 8.33. The van der Waals surface area contributed by atoms with E-state index in [1.165, 1.54) is 6.92 Å². The number of rotatable bonds is 5. The Hall–Kier alpha value is -0.920. The lowest BCUT2D eigenvalue weighted by Crippen LogP contribution is -2.33. The summed E-state index contributed by atoms with van der Waals surface area (Å²) in [7, 11) is -3.55. The fraction of sp³-hybridized carbons (Fsp3) is 0.364. The zero-order chi connectivity index (χ0) is 13.8. The van der Waals surface area contributed by atoms with Crippen LogP contribution in [0.2, 0.25) is 0 Å². The standard InChI is InChI=1S/C11H15BrN2O3S/c1-8-3-4-11(10(12)7-8)18(16,17)14-6-5-13-9(2)15/h3-4,7,14H,5-6H2,1-2H3,(H,13,15). The molecule has 0 spiro atoms. The topological polar surface area (TPSA) is 75.3 Å². The average molecular weight is 335 g/mol. The molecule has 1 rings (SSSR count). The third-order valence-electron chi connectivity index (χ3n) is 2.17. The Morgan fingerprint density at radius 3 is 2.56 bits per heavy atom. The molecule has 1 amide bonds. The SMILES string of the molecule is CC(=O)NCCNS(=O)(=O)c1ccc(C)cc1Br. The largest absolute Gasteiger partial charge is 0.355 e. The van der Waals surface area contributed by atoms with Crippen molar-refractivity contribution in [2.24, 2.45) is 0 Å². The number of sulfonamides is 1. The van der Waals surface area contributed by atoms with Crippen molar-refractivity contribution in [3.63, 3.8) is 0 Å². The van der Waals surface area contributed by atoms with E-state index in [9.17, 15) is 13.2 Å². The lowest BCUT2D eigenvalue weighted by Gasteiger charge is -2.09. The van der Waals surface area contributed by atoms with Gasteiger partial charge >= 0.3 is 0 Å². The Bertz CT molecular complexity index is 543. The van der Waals surface area contributed by atoms with Crippen LogP contribution in [0.15, 0.2) is 27.6 Å². The van der Waals surface area contributed by atoms with Crippen LogP contribution in [0, 0.1) is 6.92 Å². The molecular formula is C11H15BrN2O3S. The van der Waals surface area contributed by atoms with E-state index in [1.807, 2.05) is 6.92 Å². The quantitative estimate of drug-likeness (QED) is 0.794. The minimum absolute atomic E-state index is 0.155. The predicted molar refractivity (Wildman–Crippen MR) is 72.8 cm³/mol. The summed E-state index contributed by atoms with van der Waals surface area (Å²) in [6.45, 7) is 3.68. The third kappa shape index (κ3) is 4.40. The molecule has 18 heavy (non-hydrogen) atoms. The van der Waals surface area contributed by atoms with Crippen molar-refractivity contribution in [3.8, 4) is 0 Å². The fourth-order valence-electron chi connectivity index (χ4n) is 1.33. The number of nitrogens with one attached hydrogen (secondary N) is 2. The average Bonchev–Trinajstić information content (AvgIpc) is 2.23. The molecule has 0 atom stereocenters. The van der Waals surface area contributed by atoms with Gasteiger partial charge in [-0.15, -0.1) is 0 Å². The molecule has 100 valence electrons. The molecular weight excluding hydrogens is 320 g/mol. The summed E-state index contributed by atoms with van der Waals surface area (Å²) >= 11 is 3.23. The van der Waals surface area contributed by atoms with Crippen molar-refractivity contribution in [3.05, 3.63) is 28.2 Å². The third-order valence-corrected chi connectivity index (χ3v) is 4.61. The Labute approximate surface area is 115 Å².